The van der Waals surface area contributed by atoms with Crippen LogP contribution in [0.2, 0.25) is 5.02 Å². The van der Waals surface area contributed by atoms with Crippen molar-refractivity contribution in [2.24, 2.45) is 0 Å². The Bertz CT molecular complexity index is 1150. The van der Waals surface area contributed by atoms with Crippen LogP contribution in [0.25, 0.3) is 43.9 Å². The van der Waals surface area contributed by atoms with Crippen LogP contribution in [0.3, 0.4) is 0 Å². The van der Waals surface area contributed by atoms with Gasteiger partial charge in [-0.15, -0.1) is 0 Å². The van der Waals surface area contributed by atoms with Gasteiger partial charge in [-0.1, -0.05) is 35.9 Å². The quantitative estimate of drug-likeness (QED) is 0.343. The van der Waals surface area contributed by atoms with Crippen molar-refractivity contribution in [2.45, 2.75) is 0 Å². The van der Waals surface area contributed by atoms with E-state index < -0.39 is 0 Å². The molecule has 0 atom stereocenters. The highest BCUT2D eigenvalue weighted by Gasteiger charge is 2.17. The van der Waals surface area contributed by atoms with Gasteiger partial charge in [0.05, 0.1) is 5.02 Å². The first-order chi connectivity index (χ1) is 10.3. The van der Waals surface area contributed by atoms with Crippen molar-refractivity contribution in [1.29, 1.82) is 0 Å². The number of hydrogen-bond donors (Lipinski definition) is 0. The first kappa shape index (κ1) is 11.2. The topological polar surface area (TPSA) is 26.3 Å². The van der Waals surface area contributed by atoms with Gasteiger partial charge in [-0.05, 0) is 30.3 Å². The van der Waals surface area contributed by atoms with E-state index in [4.69, 9.17) is 20.4 Å². The summed E-state index contributed by atoms with van der Waals surface area (Å²) in [6, 6.07) is 17.7. The maximum atomic E-state index is 6.41. The fourth-order valence-corrected chi connectivity index (χ4v) is 3.34. The lowest BCUT2D eigenvalue weighted by atomic mass is 10.1. The summed E-state index contributed by atoms with van der Waals surface area (Å²) in [7, 11) is 0. The van der Waals surface area contributed by atoms with Gasteiger partial charge in [0.2, 0.25) is 0 Å². The molecule has 0 aliphatic carbocycles. The SMILES string of the molecule is Clc1cccc2oc3ccc4oc5ccccc5c4c3c12. The molecular weight excluding hydrogens is 284 g/mol. The summed E-state index contributed by atoms with van der Waals surface area (Å²) in [6.45, 7) is 0. The van der Waals surface area contributed by atoms with Crippen LogP contribution in [0.1, 0.15) is 0 Å². The fourth-order valence-electron chi connectivity index (χ4n) is 3.08. The lowest BCUT2D eigenvalue weighted by Gasteiger charge is -1.95. The molecule has 21 heavy (non-hydrogen) atoms. The minimum Gasteiger partial charge on any atom is -0.456 e. The van der Waals surface area contributed by atoms with Crippen molar-refractivity contribution < 1.29 is 8.83 Å². The third kappa shape index (κ3) is 1.38. The molecule has 0 aliphatic heterocycles. The Hall–Kier alpha value is -2.45. The lowest BCUT2D eigenvalue weighted by molar-refractivity contribution is 0.663. The number of rotatable bonds is 0. The molecular formula is C18H9ClO2. The molecule has 3 heteroatoms. The zero-order chi connectivity index (χ0) is 14.0. The smallest absolute Gasteiger partial charge is 0.136 e. The number of para-hydroxylation sites is 1. The zero-order valence-electron chi connectivity index (χ0n) is 10.9. The number of benzene rings is 3. The Labute approximate surface area is 124 Å². The van der Waals surface area contributed by atoms with Crippen LogP contribution < -0.4 is 0 Å². The minimum absolute atomic E-state index is 0.698. The largest absolute Gasteiger partial charge is 0.456 e. The van der Waals surface area contributed by atoms with Crippen molar-refractivity contribution >= 4 is 55.5 Å². The van der Waals surface area contributed by atoms with E-state index in [-0.39, 0.29) is 0 Å². The average molecular weight is 293 g/mol. The summed E-state index contributed by atoms with van der Waals surface area (Å²) >= 11 is 6.41. The van der Waals surface area contributed by atoms with Gasteiger partial charge in [0, 0.05) is 21.5 Å². The number of furan rings is 2. The third-order valence-electron chi connectivity index (χ3n) is 3.95. The predicted octanol–water partition coefficient (Wildman–Crippen LogP) is 6.14. The van der Waals surface area contributed by atoms with Gasteiger partial charge < -0.3 is 8.83 Å². The highest BCUT2D eigenvalue weighted by molar-refractivity contribution is 6.40. The van der Waals surface area contributed by atoms with E-state index in [1.165, 1.54) is 0 Å². The van der Waals surface area contributed by atoms with Gasteiger partial charge in [-0.25, -0.2) is 0 Å². The molecule has 0 spiro atoms. The van der Waals surface area contributed by atoms with Crippen LogP contribution in [0.5, 0.6) is 0 Å². The Morgan fingerprint density at radius 2 is 1.24 bits per heavy atom. The first-order valence-corrected chi connectivity index (χ1v) is 7.12. The summed E-state index contributed by atoms with van der Waals surface area (Å²) < 4.78 is 11.9. The van der Waals surface area contributed by atoms with Gasteiger partial charge in [0.25, 0.3) is 0 Å². The summed E-state index contributed by atoms with van der Waals surface area (Å²) in [5, 5.41) is 4.82. The van der Waals surface area contributed by atoms with E-state index in [1.54, 1.807) is 0 Å². The Balaban J connectivity index is 2.19. The van der Waals surface area contributed by atoms with E-state index in [9.17, 15) is 0 Å². The molecule has 0 fully saturated rings. The number of halogens is 1. The lowest BCUT2D eigenvalue weighted by Crippen LogP contribution is -1.72. The van der Waals surface area contributed by atoms with E-state index in [1.807, 2.05) is 48.5 Å². The molecule has 0 saturated heterocycles. The predicted molar refractivity (Wildman–Crippen MR) is 86.0 cm³/mol. The minimum atomic E-state index is 0.698. The maximum Gasteiger partial charge on any atom is 0.136 e. The monoisotopic (exact) mass is 292 g/mol. The van der Waals surface area contributed by atoms with E-state index in [2.05, 4.69) is 6.07 Å². The van der Waals surface area contributed by atoms with Gasteiger partial charge in [-0.3, -0.25) is 0 Å². The number of hydrogen-bond acceptors (Lipinski definition) is 2. The molecule has 5 rings (SSSR count). The molecule has 0 N–H and O–H groups in total. The molecule has 5 aromatic rings. The zero-order valence-corrected chi connectivity index (χ0v) is 11.6. The van der Waals surface area contributed by atoms with Gasteiger partial charge >= 0.3 is 0 Å². The normalized spacial score (nSPS) is 12.0. The molecule has 3 aromatic carbocycles. The second-order valence-electron chi connectivity index (χ2n) is 5.13. The second kappa shape index (κ2) is 3.80. The highest BCUT2D eigenvalue weighted by Crippen LogP contribution is 2.41. The summed E-state index contributed by atoms with van der Waals surface area (Å²) in [5.74, 6) is 0. The number of fused-ring (bicyclic) bond motifs is 7. The van der Waals surface area contributed by atoms with Crippen molar-refractivity contribution in [3.8, 4) is 0 Å². The molecule has 2 heterocycles. The van der Waals surface area contributed by atoms with Crippen molar-refractivity contribution in [2.75, 3.05) is 0 Å². The average Bonchev–Trinajstić information content (AvgIpc) is 3.04. The third-order valence-corrected chi connectivity index (χ3v) is 4.27. The van der Waals surface area contributed by atoms with Gasteiger partial charge in [0.15, 0.2) is 0 Å². The van der Waals surface area contributed by atoms with Crippen LogP contribution in [0, 0.1) is 0 Å². The van der Waals surface area contributed by atoms with Crippen molar-refractivity contribution in [1.82, 2.24) is 0 Å². The van der Waals surface area contributed by atoms with Gasteiger partial charge in [0.1, 0.15) is 22.3 Å². The van der Waals surface area contributed by atoms with Crippen molar-refractivity contribution in [3.63, 3.8) is 0 Å². The molecule has 100 valence electrons. The summed E-state index contributed by atoms with van der Waals surface area (Å²) in [6.07, 6.45) is 0. The molecule has 0 unspecified atom stereocenters. The summed E-state index contributed by atoms with van der Waals surface area (Å²) in [5.41, 5.74) is 3.36. The molecule has 0 radical (unpaired) electrons. The molecule has 0 amide bonds. The second-order valence-corrected chi connectivity index (χ2v) is 5.53. The Morgan fingerprint density at radius 1 is 0.571 bits per heavy atom. The molecule has 0 saturated carbocycles. The van der Waals surface area contributed by atoms with E-state index in [0.29, 0.717) is 5.02 Å². The summed E-state index contributed by atoms with van der Waals surface area (Å²) in [4.78, 5) is 0. The molecule has 0 bridgehead atoms. The Morgan fingerprint density at radius 3 is 2.14 bits per heavy atom. The molecule has 2 nitrogen and oxygen atoms in total. The van der Waals surface area contributed by atoms with Gasteiger partial charge in [-0.2, -0.15) is 0 Å². The molecule has 0 aliphatic rings. The maximum absolute atomic E-state index is 6.41. The Kier molecular flexibility index (Phi) is 2.04. The first-order valence-electron chi connectivity index (χ1n) is 6.74. The van der Waals surface area contributed by atoms with Crippen LogP contribution in [0.4, 0.5) is 0 Å². The van der Waals surface area contributed by atoms with Crippen LogP contribution in [-0.4, -0.2) is 0 Å². The fraction of sp³-hybridized carbons (Fsp3) is 0. The van der Waals surface area contributed by atoms with E-state index >= 15 is 0 Å². The standard InChI is InChI=1S/C18H9ClO2/c19-11-5-3-7-13-17(11)18-15(21-13)9-8-14-16(18)10-4-1-2-6-12(10)20-14/h1-9H. The van der Waals surface area contributed by atoms with Crippen LogP contribution >= 0.6 is 11.6 Å². The highest BCUT2D eigenvalue weighted by atomic mass is 35.5. The van der Waals surface area contributed by atoms with E-state index in [0.717, 1.165) is 43.9 Å². The van der Waals surface area contributed by atoms with Crippen molar-refractivity contribution in [3.05, 3.63) is 59.6 Å². The van der Waals surface area contributed by atoms with Crippen LogP contribution in [0.15, 0.2) is 63.4 Å². The van der Waals surface area contributed by atoms with Crippen LogP contribution in [-0.2, 0) is 0 Å². The molecule has 2 aromatic heterocycles.